The van der Waals surface area contributed by atoms with Gasteiger partial charge in [0.05, 0.1) is 6.54 Å². The Kier molecular flexibility index (Phi) is 3.52. The standard InChI is InChI=1S/C15H13BrN4/c16-13-8-6-11(7-9-13)10-20-15(17)14(18-19-20)12-4-2-1-3-5-12/h1-9H,10,17H2. The summed E-state index contributed by atoms with van der Waals surface area (Å²) in [6, 6.07) is 17.9. The van der Waals surface area contributed by atoms with Crippen LogP contribution >= 0.6 is 15.9 Å². The molecule has 0 atom stereocenters. The molecule has 0 aliphatic carbocycles. The van der Waals surface area contributed by atoms with Crippen LogP contribution in [-0.4, -0.2) is 15.0 Å². The first-order valence-corrected chi connectivity index (χ1v) is 7.02. The number of nitrogens with zero attached hydrogens (tertiary/aromatic N) is 3. The Bertz CT molecular complexity index is 704. The number of aromatic nitrogens is 3. The molecule has 0 spiro atoms. The van der Waals surface area contributed by atoms with Gasteiger partial charge in [-0.15, -0.1) is 5.10 Å². The molecule has 0 saturated heterocycles. The molecule has 3 aromatic rings. The Labute approximate surface area is 125 Å². The van der Waals surface area contributed by atoms with Crippen LogP contribution in [0.25, 0.3) is 11.3 Å². The van der Waals surface area contributed by atoms with Crippen LogP contribution in [-0.2, 0) is 6.54 Å². The van der Waals surface area contributed by atoms with E-state index in [-0.39, 0.29) is 0 Å². The van der Waals surface area contributed by atoms with Crippen molar-refractivity contribution in [1.82, 2.24) is 15.0 Å². The molecule has 3 rings (SSSR count). The third-order valence-electron chi connectivity index (χ3n) is 3.07. The van der Waals surface area contributed by atoms with Crippen LogP contribution < -0.4 is 5.73 Å². The minimum atomic E-state index is 0.583. The summed E-state index contributed by atoms with van der Waals surface area (Å²) in [6.07, 6.45) is 0. The second-order valence-corrected chi connectivity index (χ2v) is 5.39. The minimum absolute atomic E-state index is 0.583. The van der Waals surface area contributed by atoms with Crippen molar-refractivity contribution in [2.24, 2.45) is 0 Å². The summed E-state index contributed by atoms with van der Waals surface area (Å²) in [5.74, 6) is 0.583. The van der Waals surface area contributed by atoms with Gasteiger partial charge in [-0.2, -0.15) is 0 Å². The monoisotopic (exact) mass is 328 g/mol. The highest BCUT2D eigenvalue weighted by atomic mass is 79.9. The van der Waals surface area contributed by atoms with Gasteiger partial charge in [-0.3, -0.25) is 0 Å². The maximum Gasteiger partial charge on any atom is 0.150 e. The molecular weight excluding hydrogens is 316 g/mol. The van der Waals surface area contributed by atoms with Gasteiger partial charge in [0.15, 0.2) is 5.82 Å². The fourth-order valence-electron chi connectivity index (χ4n) is 2.00. The number of hydrogen-bond acceptors (Lipinski definition) is 3. The van der Waals surface area contributed by atoms with E-state index >= 15 is 0 Å². The van der Waals surface area contributed by atoms with Crippen LogP contribution in [0.2, 0.25) is 0 Å². The van der Waals surface area contributed by atoms with Gasteiger partial charge in [0.2, 0.25) is 0 Å². The smallest absolute Gasteiger partial charge is 0.150 e. The SMILES string of the molecule is Nc1c(-c2ccccc2)nnn1Cc1ccc(Br)cc1. The highest BCUT2D eigenvalue weighted by Crippen LogP contribution is 2.23. The number of benzene rings is 2. The first-order chi connectivity index (χ1) is 9.74. The van der Waals surface area contributed by atoms with Crippen LogP contribution in [0, 0.1) is 0 Å². The van der Waals surface area contributed by atoms with Crippen molar-refractivity contribution in [2.45, 2.75) is 6.54 Å². The summed E-state index contributed by atoms with van der Waals surface area (Å²) in [6.45, 7) is 0.610. The van der Waals surface area contributed by atoms with Crippen molar-refractivity contribution >= 4 is 21.7 Å². The zero-order chi connectivity index (χ0) is 13.9. The maximum absolute atomic E-state index is 6.14. The first kappa shape index (κ1) is 12.9. The third-order valence-corrected chi connectivity index (χ3v) is 3.59. The van der Waals surface area contributed by atoms with E-state index in [0.29, 0.717) is 12.4 Å². The molecule has 0 saturated carbocycles. The molecule has 0 radical (unpaired) electrons. The van der Waals surface area contributed by atoms with E-state index in [1.807, 2.05) is 54.6 Å². The van der Waals surface area contributed by atoms with Gasteiger partial charge < -0.3 is 5.73 Å². The number of anilines is 1. The van der Waals surface area contributed by atoms with Crippen LogP contribution in [0.1, 0.15) is 5.56 Å². The molecule has 2 N–H and O–H groups in total. The molecule has 5 heteroatoms. The summed E-state index contributed by atoms with van der Waals surface area (Å²) >= 11 is 3.42. The van der Waals surface area contributed by atoms with Crippen LogP contribution in [0.3, 0.4) is 0 Å². The van der Waals surface area contributed by atoms with Crippen molar-refractivity contribution in [3.63, 3.8) is 0 Å². The van der Waals surface area contributed by atoms with E-state index in [0.717, 1.165) is 21.3 Å². The molecule has 4 nitrogen and oxygen atoms in total. The normalized spacial score (nSPS) is 10.7. The lowest BCUT2D eigenvalue weighted by atomic mass is 10.1. The fourth-order valence-corrected chi connectivity index (χ4v) is 2.27. The van der Waals surface area contributed by atoms with Gasteiger partial charge in [-0.1, -0.05) is 63.6 Å². The summed E-state index contributed by atoms with van der Waals surface area (Å²) in [4.78, 5) is 0. The van der Waals surface area contributed by atoms with Gasteiger partial charge >= 0.3 is 0 Å². The Morgan fingerprint density at radius 3 is 2.40 bits per heavy atom. The van der Waals surface area contributed by atoms with E-state index in [4.69, 9.17) is 5.73 Å². The molecule has 20 heavy (non-hydrogen) atoms. The first-order valence-electron chi connectivity index (χ1n) is 6.23. The van der Waals surface area contributed by atoms with Crippen molar-refractivity contribution in [3.05, 3.63) is 64.6 Å². The molecule has 0 amide bonds. The average Bonchev–Trinajstić information content (AvgIpc) is 2.84. The van der Waals surface area contributed by atoms with Gasteiger partial charge in [-0.05, 0) is 17.7 Å². The van der Waals surface area contributed by atoms with Gasteiger partial charge in [0.1, 0.15) is 5.69 Å². The van der Waals surface area contributed by atoms with E-state index < -0.39 is 0 Å². The molecule has 0 aliphatic rings. The molecule has 0 unspecified atom stereocenters. The van der Waals surface area contributed by atoms with Crippen molar-refractivity contribution in [2.75, 3.05) is 5.73 Å². The lowest BCUT2D eigenvalue weighted by Gasteiger charge is -2.04. The predicted molar refractivity (Wildman–Crippen MR) is 83.1 cm³/mol. The van der Waals surface area contributed by atoms with Crippen LogP contribution in [0.15, 0.2) is 59.1 Å². The van der Waals surface area contributed by atoms with Crippen molar-refractivity contribution in [1.29, 1.82) is 0 Å². The molecule has 0 aliphatic heterocycles. The topological polar surface area (TPSA) is 56.7 Å². The molecule has 2 aromatic carbocycles. The van der Waals surface area contributed by atoms with E-state index in [2.05, 4.69) is 26.2 Å². The second kappa shape index (κ2) is 5.46. The van der Waals surface area contributed by atoms with E-state index in [1.165, 1.54) is 0 Å². The Morgan fingerprint density at radius 1 is 1.00 bits per heavy atom. The lowest BCUT2D eigenvalue weighted by Crippen LogP contribution is -2.06. The fraction of sp³-hybridized carbons (Fsp3) is 0.0667. The summed E-state index contributed by atoms with van der Waals surface area (Å²) in [5.41, 5.74) is 8.97. The zero-order valence-corrected chi connectivity index (χ0v) is 12.3. The lowest BCUT2D eigenvalue weighted by molar-refractivity contribution is 0.658. The summed E-state index contributed by atoms with van der Waals surface area (Å²) < 4.78 is 2.77. The van der Waals surface area contributed by atoms with Crippen molar-refractivity contribution in [3.8, 4) is 11.3 Å². The maximum atomic E-state index is 6.14. The van der Waals surface area contributed by atoms with Crippen LogP contribution in [0.4, 0.5) is 5.82 Å². The Hall–Kier alpha value is -2.14. The van der Waals surface area contributed by atoms with Gasteiger partial charge in [0, 0.05) is 10.0 Å². The molecule has 0 bridgehead atoms. The number of rotatable bonds is 3. The van der Waals surface area contributed by atoms with E-state index in [1.54, 1.807) is 4.68 Å². The molecular formula is C15H13BrN4. The third kappa shape index (κ3) is 2.58. The second-order valence-electron chi connectivity index (χ2n) is 4.47. The minimum Gasteiger partial charge on any atom is -0.382 e. The van der Waals surface area contributed by atoms with Crippen LogP contribution in [0.5, 0.6) is 0 Å². The quantitative estimate of drug-likeness (QED) is 0.802. The molecule has 0 fully saturated rings. The number of nitrogens with two attached hydrogens (primary N) is 1. The zero-order valence-electron chi connectivity index (χ0n) is 10.7. The highest BCUT2D eigenvalue weighted by Gasteiger charge is 2.11. The molecule has 100 valence electrons. The summed E-state index contributed by atoms with van der Waals surface area (Å²) in [5, 5.41) is 8.32. The number of hydrogen-bond donors (Lipinski definition) is 1. The van der Waals surface area contributed by atoms with E-state index in [9.17, 15) is 0 Å². The van der Waals surface area contributed by atoms with Crippen molar-refractivity contribution < 1.29 is 0 Å². The molecule has 1 heterocycles. The average molecular weight is 329 g/mol. The molecule has 1 aromatic heterocycles. The largest absolute Gasteiger partial charge is 0.382 e. The Balaban J connectivity index is 1.89. The predicted octanol–water partition coefficient (Wildman–Crippen LogP) is 3.34. The summed E-state index contributed by atoms with van der Waals surface area (Å²) in [7, 11) is 0. The number of nitrogen functional groups attached to an aromatic ring is 1. The number of halogens is 1. The van der Waals surface area contributed by atoms with Gasteiger partial charge in [-0.25, -0.2) is 4.68 Å². The highest BCUT2D eigenvalue weighted by molar-refractivity contribution is 9.10. The van der Waals surface area contributed by atoms with Gasteiger partial charge in [0.25, 0.3) is 0 Å². The Morgan fingerprint density at radius 2 is 1.70 bits per heavy atom.